The molecule has 1 aliphatic rings. The average molecular weight is 258 g/mol. The zero-order chi connectivity index (χ0) is 11.6. The third-order valence-corrected chi connectivity index (χ3v) is 3.95. The van der Waals surface area contributed by atoms with Crippen LogP contribution >= 0.6 is 23.4 Å². The Morgan fingerprint density at radius 3 is 2.69 bits per heavy atom. The second-order valence-electron chi connectivity index (χ2n) is 3.80. The zero-order valence-electron chi connectivity index (χ0n) is 8.57. The first-order valence-corrected chi connectivity index (χ1v) is 6.51. The van der Waals surface area contributed by atoms with Crippen molar-refractivity contribution in [2.75, 3.05) is 16.8 Å². The number of hydrogen-bond donors (Lipinski definition) is 2. The number of amides is 1. The van der Waals surface area contributed by atoms with E-state index in [2.05, 4.69) is 5.32 Å². The van der Waals surface area contributed by atoms with Gasteiger partial charge in [-0.3, -0.25) is 4.79 Å². The number of anilines is 1. The molecule has 1 fully saturated rings. The fraction of sp³-hybridized carbons (Fsp3) is 0.364. The molecule has 1 amide bonds. The molecule has 16 heavy (non-hydrogen) atoms. The van der Waals surface area contributed by atoms with Crippen LogP contribution in [-0.2, 0) is 4.79 Å². The summed E-state index contributed by atoms with van der Waals surface area (Å²) < 4.78 is 0. The second kappa shape index (κ2) is 4.65. The lowest BCUT2D eigenvalue weighted by Crippen LogP contribution is -2.42. The second-order valence-corrected chi connectivity index (χ2v) is 5.34. The number of thioether (sulfide) groups is 1. The number of hydrogen-bond acceptors (Lipinski definition) is 3. The quantitative estimate of drug-likeness (QED) is 0.854. The Labute approximate surface area is 103 Å². The molecule has 1 aromatic rings. The van der Waals surface area contributed by atoms with Gasteiger partial charge in [0.1, 0.15) is 0 Å². The van der Waals surface area contributed by atoms with Crippen LogP contribution in [0.25, 0.3) is 0 Å². The van der Waals surface area contributed by atoms with Crippen LogP contribution in [0.15, 0.2) is 24.3 Å². The van der Waals surface area contributed by atoms with Crippen LogP contribution in [0.2, 0.25) is 5.02 Å². The predicted octanol–water partition coefficient (Wildman–Crippen LogP) is 2.15. The summed E-state index contributed by atoms with van der Waals surface area (Å²) in [6, 6.07) is 6.83. The standard InChI is InChI=1S/C11H12ClNO2S/c12-8-1-3-9(4-2-8)13-10(14)11(15)5-6-16-7-11/h1-4,15H,5-7H2,(H,13,14). The van der Waals surface area contributed by atoms with Gasteiger partial charge in [0.25, 0.3) is 5.91 Å². The highest BCUT2D eigenvalue weighted by Gasteiger charge is 2.39. The van der Waals surface area contributed by atoms with E-state index in [1.807, 2.05) is 0 Å². The first kappa shape index (κ1) is 11.8. The maximum absolute atomic E-state index is 11.8. The van der Waals surface area contributed by atoms with Gasteiger partial charge in [0.2, 0.25) is 0 Å². The Hall–Kier alpha value is -0.710. The number of halogens is 1. The van der Waals surface area contributed by atoms with Gasteiger partial charge in [0.15, 0.2) is 5.60 Å². The van der Waals surface area contributed by atoms with Crippen molar-refractivity contribution in [1.82, 2.24) is 0 Å². The van der Waals surface area contributed by atoms with Gasteiger partial charge >= 0.3 is 0 Å². The maximum Gasteiger partial charge on any atom is 0.257 e. The lowest BCUT2D eigenvalue weighted by atomic mass is 10.0. The van der Waals surface area contributed by atoms with Crippen LogP contribution in [0.1, 0.15) is 6.42 Å². The molecule has 86 valence electrons. The summed E-state index contributed by atoms with van der Waals surface area (Å²) in [4.78, 5) is 11.8. The summed E-state index contributed by atoms with van der Waals surface area (Å²) >= 11 is 7.33. The van der Waals surface area contributed by atoms with Gasteiger partial charge in [-0.1, -0.05) is 11.6 Å². The number of carbonyl (C=O) groups excluding carboxylic acids is 1. The normalized spacial score (nSPS) is 24.4. The molecular formula is C11H12ClNO2S. The van der Waals surface area contributed by atoms with E-state index in [0.717, 1.165) is 5.75 Å². The number of carbonyl (C=O) groups is 1. The minimum atomic E-state index is -1.22. The van der Waals surface area contributed by atoms with Crippen LogP contribution in [0, 0.1) is 0 Å². The number of benzene rings is 1. The van der Waals surface area contributed by atoms with Crippen molar-refractivity contribution in [2.45, 2.75) is 12.0 Å². The molecule has 1 aliphatic heterocycles. The first-order valence-electron chi connectivity index (χ1n) is 4.97. The molecule has 0 bridgehead atoms. The molecular weight excluding hydrogens is 246 g/mol. The molecule has 2 N–H and O–H groups in total. The summed E-state index contributed by atoms with van der Waals surface area (Å²) in [5.41, 5.74) is -0.565. The molecule has 0 saturated carbocycles. The number of rotatable bonds is 2. The Bertz CT molecular complexity index is 387. The van der Waals surface area contributed by atoms with E-state index >= 15 is 0 Å². The van der Waals surface area contributed by atoms with Crippen LogP contribution < -0.4 is 5.32 Å². The lowest BCUT2D eigenvalue weighted by molar-refractivity contribution is -0.131. The van der Waals surface area contributed by atoms with E-state index in [1.54, 1.807) is 36.0 Å². The molecule has 1 atom stereocenters. The summed E-state index contributed by atoms with van der Waals surface area (Å²) in [6.07, 6.45) is 0.511. The van der Waals surface area contributed by atoms with E-state index in [0.29, 0.717) is 22.9 Å². The van der Waals surface area contributed by atoms with Gasteiger partial charge in [0, 0.05) is 16.5 Å². The molecule has 0 spiro atoms. The van der Waals surface area contributed by atoms with E-state index in [4.69, 9.17) is 11.6 Å². The van der Waals surface area contributed by atoms with E-state index in [1.165, 1.54) is 0 Å². The van der Waals surface area contributed by atoms with Crippen molar-refractivity contribution >= 4 is 35.0 Å². The molecule has 1 unspecified atom stereocenters. The molecule has 3 nitrogen and oxygen atoms in total. The smallest absolute Gasteiger partial charge is 0.257 e. The summed E-state index contributed by atoms with van der Waals surface area (Å²) in [6.45, 7) is 0. The van der Waals surface area contributed by atoms with Crippen LogP contribution in [-0.4, -0.2) is 28.1 Å². The Kier molecular flexibility index (Phi) is 3.42. The lowest BCUT2D eigenvalue weighted by Gasteiger charge is -2.20. The molecule has 1 aromatic carbocycles. The zero-order valence-corrected chi connectivity index (χ0v) is 10.1. The van der Waals surface area contributed by atoms with Gasteiger partial charge < -0.3 is 10.4 Å². The van der Waals surface area contributed by atoms with Crippen molar-refractivity contribution in [2.24, 2.45) is 0 Å². The minimum absolute atomic E-state index is 0.333. The molecule has 2 rings (SSSR count). The summed E-state index contributed by atoms with van der Waals surface area (Å²) in [5, 5.41) is 13.3. The number of aliphatic hydroxyl groups is 1. The van der Waals surface area contributed by atoms with Crippen molar-refractivity contribution < 1.29 is 9.90 Å². The average Bonchev–Trinajstić information content (AvgIpc) is 2.70. The Balaban J connectivity index is 2.04. The fourth-order valence-corrected chi connectivity index (χ4v) is 2.88. The van der Waals surface area contributed by atoms with Crippen molar-refractivity contribution in [3.63, 3.8) is 0 Å². The van der Waals surface area contributed by atoms with E-state index in [9.17, 15) is 9.90 Å². The topological polar surface area (TPSA) is 49.3 Å². The maximum atomic E-state index is 11.8. The summed E-state index contributed by atoms with van der Waals surface area (Å²) in [5.74, 6) is 0.955. The van der Waals surface area contributed by atoms with E-state index in [-0.39, 0.29) is 5.91 Å². The third kappa shape index (κ3) is 2.51. The SMILES string of the molecule is O=C(Nc1ccc(Cl)cc1)C1(O)CCSC1. The minimum Gasteiger partial charge on any atom is -0.379 e. The predicted molar refractivity (Wildman–Crippen MR) is 67.0 cm³/mol. The van der Waals surface area contributed by atoms with Crippen LogP contribution in [0.3, 0.4) is 0 Å². The molecule has 0 aliphatic carbocycles. The van der Waals surface area contributed by atoms with Gasteiger partial charge in [-0.05, 0) is 36.4 Å². The molecule has 1 saturated heterocycles. The largest absolute Gasteiger partial charge is 0.379 e. The highest BCUT2D eigenvalue weighted by Crippen LogP contribution is 2.29. The van der Waals surface area contributed by atoms with Gasteiger partial charge in [-0.15, -0.1) is 0 Å². The fourth-order valence-electron chi connectivity index (χ4n) is 1.51. The molecule has 0 radical (unpaired) electrons. The van der Waals surface area contributed by atoms with Crippen LogP contribution in [0.5, 0.6) is 0 Å². The number of nitrogens with one attached hydrogen (secondary N) is 1. The monoisotopic (exact) mass is 257 g/mol. The van der Waals surface area contributed by atoms with Gasteiger partial charge in [-0.2, -0.15) is 11.8 Å². The highest BCUT2D eigenvalue weighted by molar-refractivity contribution is 7.99. The molecule has 5 heteroatoms. The van der Waals surface area contributed by atoms with Gasteiger partial charge in [-0.25, -0.2) is 0 Å². The van der Waals surface area contributed by atoms with Crippen molar-refractivity contribution in [3.05, 3.63) is 29.3 Å². The van der Waals surface area contributed by atoms with E-state index < -0.39 is 5.60 Å². The first-order chi connectivity index (χ1) is 7.60. The Morgan fingerprint density at radius 2 is 2.12 bits per heavy atom. The van der Waals surface area contributed by atoms with Crippen LogP contribution in [0.4, 0.5) is 5.69 Å². The molecule has 1 heterocycles. The van der Waals surface area contributed by atoms with Gasteiger partial charge in [0.05, 0.1) is 0 Å². The van der Waals surface area contributed by atoms with Crippen molar-refractivity contribution in [3.8, 4) is 0 Å². The summed E-state index contributed by atoms with van der Waals surface area (Å²) in [7, 11) is 0. The highest BCUT2D eigenvalue weighted by atomic mass is 35.5. The molecule has 0 aromatic heterocycles. The third-order valence-electron chi connectivity index (χ3n) is 2.53. The van der Waals surface area contributed by atoms with Crippen molar-refractivity contribution in [1.29, 1.82) is 0 Å². The Morgan fingerprint density at radius 1 is 1.44 bits per heavy atom.